The quantitative estimate of drug-likeness (QED) is 0.492. The summed E-state index contributed by atoms with van der Waals surface area (Å²) in [6.45, 7) is 0. The van der Waals surface area contributed by atoms with Crippen molar-refractivity contribution in [3.8, 4) is 0 Å². The molecule has 0 saturated heterocycles. The number of thioether (sulfide) groups is 1. The molecule has 0 fully saturated rings. The van der Waals surface area contributed by atoms with Gasteiger partial charge in [0.25, 0.3) is 0 Å². The molecule has 0 spiro atoms. The number of rotatable bonds is 4. The topological polar surface area (TPSA) is 59.3 Å². The predicted molar refractivity (Wildman–Crippen MR) is 106 cm³/mol. The fourth-order valence-electron chi connectivity index (χ4n) is 2.60. The first-order chi connectivity index (χ1) is 12.6. The van der Waals surface area contributed by atoms with Crippen LogP contribution in [0.5, 0.6) is 0 Å². The maximum absolute atomic E-state index is 12.3. The second-order valence-electron chi connectivity index (χ2n) is 5.58. The van der Waals surface area contributed by atoms with Crippen LogP contribution in [-0.4, -0.2) is 26.3 Å². The molecule has 2 heterocycles. The van der Waals surface area contributed by atoms with Crippen molar-refractivity contribution >= 4 is 63.0 Å². The number of fused-ring (bicyclic) bond motifs is 2. The number of anilines is 1. The third-order valence-corrected chi connectivity index (χ3v) is 5.19. The van der Waals surface area contributed by atoms with Crippen molar-refractivity contribution in [1.29, 1.82) is 0 Å². The van der Waals surface area contributed by atoms with E-state index >= 15 is 0 Å². The molecular formula is C18H12Cl2N4OS. The zero-order valence-corrected chi connectivity index (χ0v) is 15.6. The van der Waals surface area contributed by atoms with Gasteiger partial charge in [0.15, 0.2) is 10.8 Å². The second kappa shape index (κ2) is 7.15. The lowest BCUT2D eigenvalue weighted by atomic mass is 10.1. The van der Waals surface area contributed by atoms with E-state index in [9.17, 15) is 4.79 Å². The van der Waals surface area contributed by atoms with Gasteiger partial charge in [-0.25, -0.2) is 0 Å². The van der Waals surface area contributed by atoms with Crippen LogP contribution in [0.15, 0.2) is 59.9 Å². The van der Waals surface area contributed by atoms with Crippen LogP contribution in [0, 0.1) is 0 Å². The summed E-state index contributed by atoms with van der Waals surface area (Å²) in [6, 6.07) is 15.4. The molecule has 5 nitrogen and oxygen atoms in total. The normalized spacial score (nSPS) is 11.2. The third kappa shape index (κ3) is 3.49. The number of pyridine rings is 1. The average Bonchev–Trinajstić information content (AvgIpc) is 3.03. The van der Waals surface area contributed by atoms with E-state index in [0.29, 0.717) is 20.8 Å². The number of aromatic nitrogens is 3. The van der Waals surface area contributed by atoms with E-state index in [1.807, 2.05) is 42.5 Å². The minimum Gasteiger partial charge on any atom is -0.325 e. The standard InChI is InChI=1S/C18H12Cl2N4OS/c19-13-8-15(20)17-22-23-18(24(17)9-13)26-10-16(25)21-14-6-5-11-3-1-2-4-12(11)7-14/h1-9H,10H2,(H,21,25). The molecule has 4 aromatic rings. The number of hydrogen-bond acceptors (Lipinski definition) is 4. The number of nitrogens with one attached hydrogen (secondary N) is 1. The Balaban J connectivity index is 1.47. The third-order valence-electron chi connectivity index (χ3n) is 3.76. The first-order valence-electron chi connectivity index (χ1n) is 7.71. The Bertz CT molecular complexity index is 1130. The monoisotopic (exact) mass is 402 g/mol. The van der Waals surface area contributed by atoms with Crippen molar-refractivity contribution in [2.45, 2.75) is 5.16 Å². The number of hydrogen-bond donors (Lipinski definition) is 1. The zero-order chi connectivity index (χ0) is 18.1. The largest absolute Gasteiger partial charge is 0.325 e. The van der Waals surface area contributed by atoms with Crippen molar-refractivity contribution in [2.75, 3.05) is 11.1 Å². The highest BCUT2D eigenvalue weighted by molar-refractivity contribution is 7.99. The van der Waals surface area contributed by atoms with Crippen LogP contribution in [0.2, 0.25) is 10.0 Å². The highest BCUT2D eigenvalue weighted by atomic mass is 35.5. The Morgan fingerprint density at radius 2 is 1.88 bits per heavy atom. The van der Waals surface area contributed by atoms with Crippen molar-refractivity contribution in [3.63, 3.8) is 0 Å². The number of halogens is 2. The maximum Gasteiger partial charge on any atom is 0.234 e. The van der Waals surface area contributed by atoms with Gasteiger partial charge in [-0.2, -0.15) is 0 Å². The first-order valence-corrected chi connectivity index (χ1v) is 9.45. The summed E-state index contributed by atoms with van der Waals surface area (Å²) in [5.74, 6) is 0.0627. The molecule has 8 heteroatoms. The fourth-order valence-corrected chi connectivity index (χ4v) is 3.81. The van der Waals surface area contributed by atoms with Crippen molar-refractivity contribution < 1.29 is 4.79 Å². The van der Waals surface area contributed by atoms with Gasteiger partial charge in [0.2, 0.25) is 5.91 Å². The number of carbonyl (C=O) groups is 1. The number of amides is 1. The van der Waals surface area contributed by atoms with Gasteiger partial charge in [-0.05, 0) is 29.0 Å². The lowest BCUT2D eigenvalue weighted by Crippen LogP contribution is -2.14. The summed E-state index contributed by atoms with van der Waals surface area (Å²) in [5, 5.41) is 14.6. The first kappa shape index (κ1) is 17.1. The smallest absolute Gasteiger partial charge is 0.234 e. The minimum absolute atomic E-state index is 0.129. The van der Waals surface area contributed by atoms with Gasteiger partial charge in [-0.3, -0.25) is 9.20 Å². The van der Waals surface area contributed by atoms with Crippen LogP contribution in [0.1, 0.15) is 0 Å². The van der Waals surface area contributed by atoms with Gasteiger partial charge in [0.05, 0.1) is 15.8 Å². The molecule has 1 amide bonds. The van der Waals surface area contributed by atoms with Crippen molar-refractivity contribution in [1.82, 2.24) is 14.6 Å². The molecule has 4 rings (SSSR count). The molecule has 2 aromatic carbocycles. The average molecular weight is 403 g/mol. The predicted octanol–water partition coefficient (Wildman–Crippen LogP) is 4.92. The van der Waals surface area contributed by atoms with E-state index in [-0.39, 0.29) is 11.7 Å². The molecule has 0 saturated carbocycles. The summed E-state index contributed by atoms with van der Waals surface area (Å²) in [4.78, 5) is 12.3. The molecule has 2 aromatic heterocycles. The fraction of sp³-hybridized carbons (Fsp3) is 0.0556. The Morgan fingerprint density at radius 1 is 1.08 bits per heavy atom. The molecule has 0 aliphatic rings. The van der Waals surface area contributed by atoms with E-state index in [2.05, 4.69) is 15.5 Å². The van der Waals surface area contributed by atoms with Crippen LogP contribution >= 0.6 is 35.0 Å². The van der Waals surface area contributed by atoms with Crippen molar-refractivity contribution in [2.24, 2.45) is 0 Å². The van der Waals surface area contributed by atoms with Crippen LogP contribution in [0.3, 0.4) is 0 Å². The second-order valence-corrected chi connectivity index (χ2v) is 7.37. The van der Waals surface area contributed by atoms with Crippen LogP contribution < -0.4 is 5.32 Å². The molecule has 26 heavy (non-hydrogen) atoms. The molecule has 0 aliphatic heterocycles. The Labute approximate surface area is 163 Å². The maximum atomic E-state index is 12.3. The van der Waals surface area contributed by atoms with E-state index < -0.39 is 0 Å². The summed E-state index contributed by atoms with van der Waals surface area (Å²) < 4.78 is 1.68. The summed E-state index contributed by atoms with van der Waals surface area (Å²) in [7, 11) is 0. The van der Waals surface area contributed by atoms with Crippen molar-refractivity contribution in [3.05, 3.63) is 64.8 Å². The van der Waals surface area contributed by atoms with Crippen LogP contribution in [0.25, 0.3) is 16.4 Å². The Hall–Kier alpha value is -2.28. The van der Waals surface area contributed by atoms with Gasteiger partial charge < -0.3 is 5.32 Å². The molecule has 0 bridgehead atoms. The van der Waals surface area contributed by atoms with Gasteiger partial charge in [0.1, 0.15) is 0 Å². The van der Waals surface area contributed by atoms with Crippen LogP contribution in [-0.2, 0) is 4.79 Å². The summed E-state index contributed by atoms with van der Waals surface area (Å²) >= 11 is 13.4. The van der Waals surface area contributed by atoms with Crippen LogP contribution in [0.4, 0.5) is 5.69 Å². The number of nitrogens with zero attached hydrogens (tertiary/aromatic N) is 3. The molecule has 1 N–H and O–H groups in total. The Kier molecular flexibility index (Phi) is 4.72. The Morgan fingerprint density at radius 3 is 2.73 bits per heavy atom. The van der Waals surface area contributed by atoms with E-state index in [0.717, 1.165) is 16.5 Å². The van der Waals surface area contributed by atoms with Gasteiger partial charge >= 0.3 is 0 Å². The van der Waals surface area contributed by atoms with Gasteiger partial charge in [0, 0.05) is 11.9 Å². The lowest BCUT2D eigenvalue weighted by Gasteiger charge is -2.06. The SMILES string of the molecule is O=C(CSc1nnc2c(Cl)cc(Cl)cn12)Nc1ccc2ccccc2c1. The molecule has 0 radical (unpaired) electrons. The van der Waals surface area contributed by atoms with E-state index in [1.165, 1.54) is 11.8 Å². The van der Waals surface area contributed by atoms with Gasteiger partial charge in [-0.15, -0.1) is 10.2 Å². The van der Waals surface area contributed by atoms with E-state index in [4.69, 9.17) is 23.2 Å². The number of carbonyl (C=O) groups excluding carboxylic acids is 1. The molecular weight excluding hydrogens is 391 g/mol. The highest BCUT2D eigenvalue weighted by Crippen LogP contribution is 2.25. The molecule has 130 valence electrons. The lowest BCUT2D eigenvalue weighted by molar-refractivity contribution is -0.113. The van der Waals surface area contributed by atoms with Gasteiger partial charge in [-0.1, -0.05) is 65.3 Å². The minimum atomic E-state index is -0.129. The van der Waals surface area contributed by atoms with E-state index in [1.54, 1.807) is 16.7 Å². The number of benzene rings is 2. The molecule has 0 unspecified atom stereocenters. The molecule has 0 aliphatic carbocycles. The zero-order valence-electron chi connectivity index (χ0n) is 13.3. The summed E-state index contributed by atoms with van der Waals surface area (Å²) in [5.41, 5.74) is 1.26. The summed E-state index contributed by atoms with van der Waals surface area (Å²) in [6.07, 6.45) is 1.67. The highest BCUT2D eigenvalue weighted by Gasteiger charge is 2.12. The molecule has 0 atom stereocenters.